The smallest absolute Gasteiger partial charge is 0.240 e. The number of nitrogens with zero attached hydrogens (tertiary/aromatic N) is 4. The van der Waals surface area contributed by atoms with Crippen molar-refractivity contribution in [2.45, 2.75) is 19.9 Å². The number of carbonyl (C=O) groups excluding carboxylic acids is 1. The second-order valence-electron chi connectivity index (χ2n) is 4.03. The Labute approximate surface area is 104 Å². The summed E-state index contributed by atoms with van der Waals surface area (Å²) in [7, 11) is 0. The number of nitrogens with two attached hydrogens (primary N) is 1. The van der Waals surface area contributed by atoms with Gasteiger partial charge >= 0.3 is 0 Å². The number of hydrogen-bond donors (Lipinski definition) is 2. The van der Waals surface area contributed by atoms with E-state index in [4.69, 9.17) is 5.73 Å². The first-order valence-corrected chi connectivity index (χ1v) is 5.48. The van der Waals surface area contributed by atoms with Gasteiger partial charge in [-0.1, -0.05) is 6.07 Å². The Kier molecular flexibility index (Phi) is 3.33. The molecule has 0 fully saturated rings. The predicted molar refractivity (Wildman–Crippen MR) is 66.2 cm³/mol. The zero-order valence-electron chi connectivity index (χ0n) is 10.2. The molecule has 7 nitrogen and oxygen atoms in total. The first kappa shape index (κ1) is 12.2. The zero-order valence-corrected chi connectivity index (χ0v) is 10.2. The minimum atomic E-state index is -0.553. The Hall–Kier alpha value is -2.28. The monoisotopic (exact) mass is 246 g/mol. The summed E-state index contributed by atoms with van der Waals surface area (Å²) in [6, 6.07) is 4.94. The van der Waals surface area contributed by atoms with Crippen LogP contribution < -0.4 is 11.1 Å². The van der Waals surface area contributed by atoms with Gasteiger partial charge in [0.2, 0.25) is 5.91 Å². The highest BCUT2D eigenvalue weighted by molar-refractivity contribution is 5.94. The lowest BCUT2D eigenvalue weighted by Gasteiger charge is -2.10. The van der Waals surface area contributed by atoms with Crippen LogP contribution in [0.25, 0.3) is 5.69 Å². The van der Waals surface area contributed by atoms with Gasteiger partial charge in [0.1, 0.15) is 6.33 Å². The number of carbonyl (C=O) groups is 1. The van der Waals surface area contributed by atoms with Gasteiger partial charge in [-0.25, -0.2) is 4.68 Å². The molecule has 18 heavy (non-hydrogen) atoms. The summed E-state index contributed by atoms with van der Waals surface area (Å²) in [5.41, 5.74) is 7.97. The van der Waals surface area contributed by atoms with E-state index in [0.29, 0.717) is 5.69 Å². The number of amides is 1. The van der Waals surface area contributed by atoms with E-state index < -0.39 is 6.04 Å². The fraction of sp³-hybridized carbons (Fsp3) is 0.273. The second-order valence-corrected chi connectivity index (χ2v) is 4.03. The van der Waals surface area contributed by atoms with Gasteiger partial charge < -0.3 is 11.1 Å². The van der Waals surface area contributed by atoms with Gasteiger partial charge in [-0.2, -0.15) is 0 Å². The van der Waals surface area contributed by atoms with Crippen LogP contribution in [0.2, 0.25) is 0 Å². The number of rotatable bonds is 3. The van der Waals surface area contributed by atoms with Crippen LogP contribution in [0.3, 0.4) is 0 Å². The molecule has 0 saturated carbocycles. The van der Waals surface area contributed by atoms with E-state index >= 15 is 0 Å². The molecule has 0 spiro atoms. The van der Waals surface area contributed by atoms with Crippen LogP contribution in [-0.2, 0) is 4.79 Å². The number of nitrogens with one attached hydrogen (secondary N) is 1. The van der Waals surface area contributed by atoms with Crippen LogP contribution in [0.5, 0.6) is 0 Å². The third-order valence-electron chi connectivity index (χ3n) is 2.49. The maximum atomic E-state index is 11.5. The van der Waals surface area contributed by atoms with E-state index in [2.05, 4.69) is 20.8 Å². The first-order chi connectivity index (χ1) is 8.58. The predicted octanol–water partition coefficient (Wildman–Crippen LogP) is 0.256. The molecule has 0 saturated heterocycles. The number of aromatic nitrogens is 4. The third kappa shape index (κ3) is 2.51. The Morgan fingerprint density at radius 3 is 2.89 bits per heavy atom. The maximum Gasteiger partial charge on any atom is 0.240 e. The van der Waals surface area contributed by atoms with E-state index in [1.165, 1.54) is 11.0 Å². The largest absolute Gasteiger partial charge is 0.325 e. The summed E-state index contributed by atoms with van der Waals surface area (Å²) in [5, 5.41) is 13.7. The first-order valence-electron chi connectivity index (χ1n) is 5.48. The lowest BCUT2D eigenvalue weighted by Crippen LogP contribution is -2.32. The van der Waals surface area contributed by atoms with Crippen LogP contribution in [0, 0.1) is 6.92 Å². The summed E-state index contributed by atoms with van der Waals surface area (Å²) in [6.07, 6.45) is 1.50. The molecule has 0 aliphatic heterocycles. The summed E-state index contributed by atoms with van der Waals surface area (Å²) in [6.45, 7) is 3.57. The highest BCUT2D eigenvalue weighted by atomic mass is 16.2. The molecule has 2 aromatic rings. The standard InChI is InChI=1S/C11H14N6O/c1-7-3-4-9(14-11(18)8(2)12)5-10(7)17-6-13-15-16-17/h3-6,8H,12H2,1-2H3,(H,14,18)/t8-/m1/s1. The summed E-state index contributed by atoms with van der Waals surface area (Å²) < 4.78 is 1.54. The van der Waals surface area contributed by atoms with E-state index in [9.17, 15) is 4.79 Å². The van der Waals surface area contributed by atoms with Crippen LogP contribution in [0.4, 0.5) is 5.69 Å². The highest BCUT2D eigenvalue weighted by Gasteiger charge is 2.09. The lowest BCUT2D eigenvalue weighted by atomic mass is 10.1. The van der Waals surface area contributed by atoms with Gasteiger partial charge in [0.05, 0.1) is 11.7 Å². The molecule has 1 aromatic carbocycles. The van der Waals surface area contributed by atoms with E-state index in [-0.39, 0.29) is 5.91 Å². The van der Waals surface area contributed by atoms with Crippen LogP contribution in [0.1, 0.15) is 12.5 Å². The maximum absolute atomic E-state index is 11.5. The SMILES string of the molecule is Cc1ccc(NC(=O)[C@@H](C)N)cc1-n1cnnn1. The second kappa shape index (κ2) is 4.92. The fourth-order valence-electron chi connectivity index (χ4n) is 1.46. The molecule has 2 rings (SSSR count). The molecular weight excluding hydrogens is 232 g/mol. The molecule has 3 N–H and O–H groups in total. The Morgan fingerprint density at radius 1 is 1.50 bits per heavy atom. The molecule has 7 heteroatoms. The van der Waals surface area contributed by atoms with Gasteiger partial charge in [-0.3, -0.25) is 4.79 Å². The molecule has 0 bridgehead atoms. The number of benzene rings is 1. The molecule has 1 heterocycles. The van der Waals surface area contributed by atoms with Crippen molar-refractivity contribution in [3.8, 4) is 5.69 Å². The molecule has 0 aliphatic carbocycles. The van der Waals surface area contributed by atoms with Crippen molar-refractivity contribution in [2.24, 2.45) is 5.73 Å². The number of anilines is 1. The normalized spacial score (nSPS) is 12.2. The van der Waals surface area contributed by atoms with Crippen molar-refractivity contribution in [2.75, 3.05) is 5.32 Å². The number of hydrogen-bond acceptors (Lipinski definition) is 5. The Bertz CT molecular complexity index is 549. The van der Waals surface area contributed by atoms with Crippen molar-refractivity contribution in [3.63, 3.8) is 0 Å². The van der Waals surface area contributed by atoms with Crippen LogP contribution in [-0.4, -0.2) is 32.2 Å². The number of aryl methyl sites for hydroxylation is 1. The average Bonchev–Trinajstić information content (AvgIpc) is 2.85. The molecular formula is C11H14N6O. The summed E-state index contributed by atoms with van der Waals surface area (Å²) in [4.78, 5) is 11.5. The molecule has 1 atom stereocenters. The van der Waals surface area contributed by atoms with Crippen molar-refractivity contribution < 1.29 is 4.79 Å². The van der Waals surface area contributed by atoms with Gasteiger partial charge in [-0.05, 0) is 42.0 Å². The third-order valence-corrected chi connectivity index (χ3v) is 2.49. The minimum Gasteiger partial charge on any atom is -0.325 e. The van der Waals surface area contributed by atoms with Crippen molar-refractivity contribution in [1.29, 1.82) is 0 Å². The molecule has 0 unspecified atom stereocenters. The van der Waals surface area contributed by atoms with Crippen molar-refractivity contribution in [3.05, 3.63) is 30.1 Å². The van der Waals surface area contributed by atoms with E-state index in [1.54, 1.807) is 13.0 Å². The molecule has 0 aliphatic rings. The van der Waals surface area contributed by atoms with Gasteiger partial charge in [0.25, 0.3) is 0 Å². The van der Waals surface area contributed by atoms with Gasteiger partial charge in [0, 0.05) is 5.69 Å². The summed E-state index contributed by atoms with van der Waals surface area (Å²) >= 11 is 0. The number of tetrazole rings is 1. The zero-order chi connectivity index (χ0) is 13.1. The average molecular weight is 246 g/mol. The fourth-order valence-corrected chi connectivity index (χ4v) is 1.46. The topological polar surface area (TPSA) is 98.7 Å². The van der Waals surface area contributed by atoms with Crippen LogP contribution in [0.15, 0.2) is 24.5 Å². The molecule has 1 amide bonds. The minimum absolute atomic E-state index is 0.235. The quantitative estimate of drug-likeness (QED) is 0.809. The molecule has 1 aromatic heterocycles. The van der Waals surface area contributed by atoms with Crippen molar-refractivity contribution >= 4 is 11.6 Å². The van der Waals surface area contributed by atoms with Crippen molar-refractivity contribution in [1.82, 2.24) is 20.2 Å². The Balaban J connectivity index is 2.30. The van der Waals surface area contributed by atoms with Crippen LogP contribution >= 0.6 is 0 Å². The summed E-state index contributed by atoms with van der Waals surface area (Å²) in [5.74, 6) is -0.235. The Morgan fingerprint density at radius 2 is 2.28 bits per heavy atom. The highest BCUT2D eigenvalue weighted by Crippen LogP contribution is 2.18. The lowest BCUT2D eigenvalue weighted by molar-refractivity contribution is -0.117. The van der Waals surface area contributed by atoms with Gasteiger partial charge in [0.15, 0.2) is 0 Å². The van der Waals surface area contributed by atoms with Gasteiger partial charge in [-0.15, -0.1) is 5.10 Å². The van der Waals surface area contributed by atoms with E-state index in [0.717, 1.165) is 11.3 Å². The van der Waals surface area contributed by atoms with E-state index in [1.807, 2.05) is 19.1 Å². The molecule has 0 radical (unpaired) electrons. The molecule has 94 valence electrons.